The zero-order valence-electron chi connectivity index (χ0n) is 15.5. The summed E-state index contributed by atoms with van der Waals surface area (Å²) in [4.78, 5) is 14.9. The standard InChI is InChI=1S/C19H30N2O3S/c1-4-17-9-5-6-13-21(17)19(22)16-8-7-10-18(14-16)25(23,24)20-12-11-15(2)3/h7-8,10,14-15,17,20H,4-6,9,11-13H2,1-3H3. The van der Waals surface area contributed by atoms with Crippen molar-refractivity contribution >= 4 is 15.9 Å². The lowest BCUT2D eigenvalue weighted by Gasteiger charge is -2.35. The van der Waals surface area contributed by atoms with E-state index in [1.165, 1.54) is 6.07 Å². The summed E-state index contributed by atoms with van der Waals surface area (Å²) in [5, 5.41) is 0. The van der Waals surface area contributed by atoms with Gasteiger partial charge >= 0.3 is 0 Å². The van der Waals surface area contributed by atoms with E-state index < -0.39 is 10.0 Å². The van der Waals surface area contributed by atoms with Crippen LogP contribution in [-0.2, 0) is 10.0 Å². The van der Waals surface area contributed by atoms with Gasteiger partial charge in [-0.15, -0.1) is 0 Å². The predicted molar refractivity (Wildman–Crippen MR) is 100 cm³/mol. The third kappa shape index (κ3) is 5.28. The van der Waals surface area contributed by atoms with E-state index in [9.17, 15) is 13.2 Å². The molecule has 140 valence electrons. The van der Waals surface area contributed by atoms with E-state index in [2.05, 4.69) is 25.5 Å². The van der Waals surface area contributed by atoms with Crippen LogP contribution < -0.4 is 4.72 Å². The van der Waals surface area contributed by atoms with Gasteiger partial charge in [-0.05, 0) is 56.2 Å². The summed E-state index contributed by atoms with van der Waals surface area (Å²) in [5.74, 6) is 0.367. The van der Waals surface area contributed by atoms with E-state index in [0.717, 1.165) is 38.6 Å². The van der Waals surface area contributed by atoms with Crippen LogP contribution >= 0.6 is 0 Å². The van der Waals surface area contributed by atoms with Crippen LogP contribution in [0.5, 0.6) is 0 Å². The Labute approximate surface area is 151 Å². The minimum atomic E-state index is -3.58. The third-order valence-corrected chi connectivity index (χ3v) is 6.22. The van der Waals surface area contributed by atoms with Crippen molar-refractivity contribution in [1.29, 1.82) is 0 Å². The van der Waals surface area contributed by atoms with Crippen molar-refractivity contribution < 1.29 is 13.2 Å². The van der Waals surface area contributed by atoms with Crippen molar-refractivity contribution in [2.45, 2.75) is 63.8 Å². The predicted octanol–water partition coefficient (Wildman–Crippen LogP) is 3.42. The van der Waals surface area contributed by atoms with E-state index in [0.29, 0.717) is 18.0 Å². The molecule has 1 saturated heterocycles. The van der Waals surface area contributed by atoms with Gasteiger partial charge in [-0.25, -0.2) is 13.1 Å². The normalized spacial score (nSPS) is 18.6. The number of piperidine rings is 1. The lowest BCUT2D eigenvalue weighted by Crippen LogP contribution is -2.43. The maximum Gasteiger partial charge on any atom is 0.254 e. The second-order valence-electron chi connectivity index (χ2n) is 7.16. The number of nitrogens with zero attached hydrogens (tertiary/aromatic N) is 1. The van der Waals surface area contributed by atoms with Gasteiger partial charge in [0, 0.05) is 24.7 Å². The third-order valence-electron chi connectivity index (χ3n) is 4.76. The van der Waals surface area contributed by atoms with Crippen molar-refractivity contribution in [2.24, 2.45) is 5.92 Å². The molecule has 1 heterocycles. The van der Waals surface area contributed by atoms with E-state index >= 15 is 0 Å². The number of benzene rings is 1. The van der Waals surface area contributed by atoms with Gasteiger partial charge in [-0.2, -0.15) is 0 Å². The largest absolute Gasteiger partial charge is 0.336 e. The first-order valence-corrected chi connectivity index (χ1v) is 10.7. The summed E-state index contributed by atoms with van der Waals surface area (Å²) in [6.45, 7) is 7.35. The molecule has 0 radical (unpaired) electrons. The van der Waals surface area contributed by atoms with E-state index in [1.54, 1.807) is 18.2 Å². The first-order chi connectivity index (χ1) is 11.8. The molecule has 1 aliphatic heterocycles. The number of hydrogen-bond acceptors (Lipinski definition) is 3. The SMILES string of the molecule is CCC1CCCCN1C(=O)c1cccc(S(=O)(=O)NCCC(C)C)c1. The Morgan fingerprint density at radius 2 is 2.08 bits per heavy atom. The lowest BCUT2D eigenvalue weighted by atomic mass is 9.99. The average Bonchev–Trinajstić information content (AvgIpc) is 2.60. The van der Waals surface area contributed by atoms with Crippen LogP contribution in [0.15, 0.2) is 29.2 Å². The first-order valence-electron chi connectivity index (χ1n) is 9.26. The highest BCUT2D eigenvalue weighted by molar-refractivity contribution is 7.89. The minimum Gasteiger partial charge on any atom is -0.336 e. The first kappa shape index (κ1) is 19.9. The topological polar surface area (TPSA) is 66.5 Å². The van der Waals surface area contributed by atoms with Gasteiger partial charge in [0.25, 0.3) is 5.91 Å². The second kappa shape index (κ2) is 8.81. The molecule has 0 aromatic heterocycles. The fourth-order valence-electron chi connectivity index (χ4n) is 3.22. The highest BCUT2D eigenvalue weighted by atomic mass is 32.2. The lowest BCUT2D eigenvalue weighted by molar-refractivity contribution is 0.0608. The van der Waals surface area contributed by atoms with Gasteiger partial charge in [0.1, 0.15) is 0 Å². The van der Waals surface area contributed by atoms with E-state index in [1.807, 2.05) is 4.90 Å². The summed E-state index contributed by atoms with van der Waals surface area (Å²) >= 11 is 0. The molecule has 2 rings (SSSR count). The van der Waals surface area contributed by atoms with Crippen molar-refractivity contribution in [1.82, 2.24) is 9.62 Å². The number of nitrogens with one attached hydrogen (secondary N) is 1. The number of sulfonamides is 1. The Kier molecular flexibility index (Phi) is 7.02. The Bertz CT molecular complexity index is 686. The molecule has 6 heteroatoms. The van der Waals surface area contributed by atoms with Gasteiger partial charge in [-0.3, -0.25) is 4.79 Å². The van der Waals surface area contributed by atoms with Crippen LogP contribution in [0.3, 0.4) is 0 Å². The van der Waals surface area contributed by atoms with Gasteiger partial charge in [0.2, 0.25) is 10.0 Å². The van der Waals surface area contributed by atoms with Gasteiger partial charge in [0.05, 0.1) is 4.90 Å². The summed E-state index contributed by atoms with van der Waals surface area (Å²) in [6.07, 6.45) is 4.90. The van der Waals surface area contributed by atoms with Crippen LogP contribution in [0, 0.1) is 5.92 Å². The molecule has 25 heavy (non-hydrogen) atoms. The highest BCUT2D eigenvalue weighted by Crippen LogP contribution is 2.22. The molecular weight excluding hydrogens is 336 g/mol. The summed E-state index contributed by atoms with van der Waals surface area (Å²) in [5.41, 5.74) is 0.451. The van der Waals surface area contributed by atoms with Crippen molar-refractivity contribution in [3.63, 3.8) is 0 Å². The molecule has 1 atom stereocenters. The van der Waals surface area contributed by atoms with Crippen molar-refractivity contribution in [2.75, 3.05) is 13.1 Å². The van der Waals surface area contributed by atoms with Crippen molar-refractivity contribution in [3.05, 3.63) is 29.8 Å². The average molecular weight is 367 g/mol. The Balaban J connectivity index is 2.16. The van der Waals surface area contributed by atoms with Crippen LogP contribution in [-0.4, -0.2) is 38.4 Å². The molecule has 1 amide bonds. The molecule has 1 unspecified atom stereocenters. The molecule has 0 saturated carbocycles. The fourth-order valence-corrected chi connectivity index (χ4v) is 4.31. The molecule has 0 spiro atoms. The van der Waals surface area contributed by atoms with Gasteiger partial charge in [-0.1, -0.05) is 26.8 Å². The second-order valence-corrected chi connectivity index (χ2v) is 8.93. The molecule has 1 N–H and O–H groups in total. The maximum absolute atomic E-state index is 12.9. The van der Waals surface area contributed by atoms with Crippen LogP contribution in [0.4, 0.5) is 0 Å². The zero-order chi connectivity index (χ0) is 18.4. The van der Waals surface area contributed by atoms with E-state index in [4.69, 9.17) is 0 Å². The zero-order valence-corrected chi connectivity index (χ0v) is 16.3. The minimum absolute atomic E-state index is 0.0641. The molecule has 1 aliphatic rings. The number of amides is 1. The van der Waals surface area contributed by atoms with Gasteiger partial charge in [0.15, 0.2) is 0 Å². The van der Waals surface area contributed by atoms with Gasteiger partial charge < -0.3 is 4.90 Å². The molecular formula is C19H30N2O3S. The summed E-state index contributed by atoms with van der Waals surface area (Å²) in [6, 6.07) is 6.65. The van der Waals surface area contributed by atoms with Crippen LogP contribution in [0.2, 0.25) is 0 Å². The maximum atomic E-state index is 12.9. The molecule has 1 aromatic rings. The molecule has 1 fully saturated rings. The molecule has 0 aliphatic carbocycles. The monoisotopic (exact) mass is 366 g/mol. The van der Waals surface area contributed by atoms with E-state index in [-0.39, 0.29) is 16.8 Å². The smallest absolute Gasteiger partial charge is 0.254 e. The number of carbonyl (C=O) groups is 1. The quantitative estimate of drug-likeness (QED) is 0.804. The number of likely N-dealkylation sites (tertiary alicyclic amines) is 1. The number of hydrogen-bond donors (Lipinski definition) is 1. The Morgan fingerprint density at radius 1 is 1.32 bits per heavy atom. The van der Waals surface area contributed by atoms with Crippen LogP contribution in [0.1, 0.15) is 63.2 Å². The van der Waals surface area contributed by atoms with Crippen LogP contribution in [0.25, 0.3) is 0 Å². The molecule has 0 bridgehead atoms. The Morgan fingerprint density at radius 3 is 2.76 bits per heavy atom. The molecule has 1 aromatic carbocycles. The summed E-state index contributed by atoms with van der Waals surface area (Å²) in [7, 11) is -3.58. The molecule has 5 nitrogen and oxygen atoms in total. The highest BCUT2D eigenvalue weighted by Gasteiger charge is 2.27. The number of rotatable bonds is 7. The summed E-state index contributed by atoms with van der Waals surface area (Å²) < 4.78 is 27.5. The van der Waals surface area contributed by atoms with Crippen molar-refractivity contribution in [3.8, 4) is 0 Å². The fraction of sp³-hybridized carbons (Fsp3) is 0.632. The number of carbonyl (C=O) groups excluding carboxylic acids is 1. The Hall–Kier alpha value is -1.40.